The van der Waals surface area contributed by atoms with Crippen LogP contribution in [0.1, 0.15) is 25.3 Å². The third kappa shape index (κ3) is 3.92. The van der Waals surface area contributed by atoms with Gasteiger partial charge in [-0.05, 0) is 42.8 Å². The first kappa shape index (κ1) is 14.8. The standard InChI is InChI=1S/C16H22N2O2/c1-12(11-19)5-4-8-17-10-14-9-13-6-2-3-7-15(13)18-16(14)20/h2-3,6-7,9,12,17,19H,4-5,8,10-11H2,1H3,(H,18,20). The first-order valence-corrected chi connectivity index (χ1v) is 7.13. The van der Waals surface area contributed by atoms with E-state index in [0.29, 0.717) is 12.5 Å². The molecule has 1 heterocycles. The first-order valence-electron chi connectivity index (χ1n) is 7.13. The van der Waals surface area contributed by atoms with Crippen LogP contribution in [-0.4, -0.2) is 23.2 Å². The molecule has 0 amide bonds. The van der Waals surface area contributed by atoms with Gasteiger partial charge in [-0.3, -0.25) is 4.79 Å². The molecular formula is C16H22N2O2. The molecule has 1 atom stereocenters. The van der Waals surface area contributed by atoms with Crippen molar-refractivity contribution >= 4 is 10.9 Å². The number of aromatic nitrogens is 1. The smallest absolute Gasteiger partial charge is 0.252 e. The van der Waals surface area contributed by atoms with Crippen LogP contribution in [0.2, 0.25) is 0 Å². The Morgan fingerprint density at radius 3 is 2.95 bits per heavy atom. The number of para-hydroxylation sites is 1. The summed E-state index contributed by atoms with van der Waals surface area (Å²) in [6.45, 7) is 3.71. The van der Waals surface area contributed by atoms with Crippen LogP contribution in [0.4, 0.5) is 0 Å². The van der Waals surface area contributed by atoms with Crippen LogP contribution < -0.4 is 10.9 Å². The number of aromatic amines is 1. The number of pyridine rings is 1. The van der Waals surface area contributed by atoms with Gasteiger partial charge < -0.3 is 15.4 Å². The molecule has 0 fully saturated rings. The lowest BCUT2D eigenvalue weighted by Crippen LogP contribution is -2.22. The summed E-state index contributed by atoms with van der Waals surface area (Å²) in [4.78, 5) is 14.8. The zero-order chi connectivity index (χ0) is 14.4. The highest BCUT2D eigenvalue weighted by Gasteiger charge is 2.03. The van der Waals surface area contributed by atoms with E-state index in [0.717, 1.165) is 35.9 Å². The molecule has 0 radical (unpaired) electrons. The van der Waals surface area contributed by atoms with Crippen molar-refractivity contribution < 1.29 is 5.11 Å². The van der Waals surface area contributed by atoms with Gasteiger partial charge in [0.05, 0.1) is 0 Å². The monoisotopic (exact) mass is 274 g/mol. The van der Waals surface area contributed by atoms with Crippen molar-refractivity contribution in [1.29, 1.82) is 0 Å². The summed E-state index contributed by atoms with van der Waals surface area (Å²) in [5, 5.41) is 13.3. The maximum Gasteiger partial charge on any atom is 0.252 e. The molecule has 4 nitrogen and oxygen atoms in total. The zero-order valence-electron chi connectivity index (χ0n) is 11.9. The Labute approximate surface area is 118 Å². The van der Waals surface area contributed by atoms with E-state index in [4.69, 9.17) is 5.11 Å². The van der Waals surface area contributed by atoms with E-state index in [2.05, 4.69) is 10.3 Å². The SMILES string of the molecule is CC(CO)CCCNCc1cc2ccccc2[nH]c1=O. The molecule has 0 aliphatic rings. The fourth-order valence-electron chi connectivity index (χ4n) is 2.21. The van der Waals surface area contributed by atoms with E-state index in [9.17, 15) is 4.79 Å². The van der Waals surface area contributed by atoms with Crippen LogP contribution in [0.3, 0.4) is 0 Å². The summed E-state index contributed by atoms with van der Waals surface area (Å²) in [5.74, 6) is 0.348. The van der Waals surface area contributed by atoms with Crippen molar-refractivity contribution in [3.63, 3.8) is 0 Å². The van der Waals surface area contributed by atoms with Gasteiger partial charge in [-0.1, -0.05) is 25.1 Å². The molecule has 108 valence electrons. The summed E-state index contributed by atoms with van der Waals surface area (Å²) >= 11 is 0. The van der Waals surface area contributed by atoms with E-state index in [1.54, 1.807) is 0 Å². The average molecular weight is 274 g/mol. The van der Waals surface area contributed by atoms with Gasteiger partial charge in [0.25, 0.3) is 5.56 Å². The van der Waals surface area contributed by atoms with E-state index in [-0.39, 0.29) is 12.2 Å². The van der Waals surface area contributed by atoms with Gasteiger partial charge in [0.15, 0.2) is 0 Å². The fraction of sp³-hybridized carbons (Fsp3) is 0.438. The molecular weight excluding hydrogens is 252 g/mol. The molecule has 0 saturated heterocycles. The molecule has 1 aromatic carbocycles. The molecule has 0 saturated carbocycles. The van der Waals surface area contributed by atoms with Crippen LogP contribution in [0.25, 0.3) is 10.9 Å². The number of fused-ring (bicyclic) bond motifs is 1. The lowest BCUT2D eigenvalue weighted by atomic mass is 10.1. The average Bonchev–Trinajstić information content (AvgIpc) is 2.47. The summed E-state index contributed by atoms with van der Waals surface area (Å²) in [5.41, 5.74) is 1.61. The fourth-order valence-corrected chi connectivity index (χ4v) is 2.21. The summed E-state index contributed by atoms with van der Waals surface area (Å²) in [6.07, 6.45) is 2.00. The molecule has 0 aliphatic carbocycles. The molecule has 2 rings (SSSR count). The zero-order valence-corrected chi connectivity index (χ0v) is 11.9. The summed E-state index contributed by atoms with van der Waals surface area (Å²) in [7, 11) is 0. The minimum absolute atomic E-state index is 0.0278. The minimum atomic E-state index is -0.0278. The van der Waals surface area contributed by atoms with Gasteiger partial charge in [-0.25, -0.2) is 0 Å². The highest BCUT2D eigenvalue weighted by molar-refractivity contribution is 5.78. The van der Waals surface area contributed by atoms with E-state index in [1.807, 2.05) is 37.3 Å². The number of benzene rings is 1. The predicted molar refractivity (Wildman–Crippen MR) is 81.8 cm³/mol. The molecule has 20 heavy (non-hydrogen) atoms. The molecule has 1 unspecified atom stereocenters. The highest BCUT2D eigenvalue weighted by atomic mass is 16.3. The number of aliphatic hydroxyl groups excluding tert-OH is 1. The Bertz CT molecular complexity index is 607. The molecule has 4 heteroatoms. The Hall–Kier alpha value is -1.65. The molecule has 0 spiro atoms. The number of hydrogen-bond donors (Lipinski definition) is 3. The molecule has 2 aromatic rings. The minimum Gasteiger partial charge on any atom is -0.396 e. The van der Waals surface area contributed by atoms with Crippen molar-refractivity contribution in [2.45, 2.75) is 26.3 Å². The number of rotatable bonds is 7. The van der Waals surface area contributed by atoms with Gasteiger partial charge in [-0.2, -0.15) is 0 Å². The lowest BCUT2D eigenvalue weighted by molar-refractivity contribution is 0.228. The first-order chi connectivity index (χ1) is 9.70. The number of H-pyrrole nitrogens is 1. The van der Waals surface area contributed by atoms with Gasteiger partial charge in [0.2, 0.25) is 0 Å². The second kappa shape index (κ2) is 7.22. The van der Waals surface area contributed by atoms with Crippen LogP contribution in [-0.2, 0) is 6.54 Å². The number of aliphatic hydroxyl groups is 1. The topological polar surface area (TPSA) is 65.1 Å². The van der Waals surface area contributed by atoms with Crippen LogP contribution in [0.15, 0.2) is 35.1 Å². The predicted octanol–water partition coefficient (Wildman–Crippen LogP) is 2.03. The summed E-state index contributed by atoms with van der Waals surface area (Å²) in [6, 6.07) is 9.73. The second-order valence-electron chi connectivity index (χ2n) is 5.32. The van der Waals surface area contributed by atoms with Crippen molar-refractivity contribution in [3.8, 4) is 0 Å². The quantitative estimate of drug-likeness (QED) is 0.677. The summed E-state index contributed by atoms with van der Waals surface area (Å²) < 4.78 is 0. The van der Waals surface area contributed by atoms with Crippen LogP contribution in [0, 0.1) is 5.92 Å². The highest BCUT2D eigenvalue weighted by Crippen LogP contribution is 2.10. The van der Waals surface area contributed by atoms with Gasteiger partial charge >= 0.3 is 0 Å². The van der Waals surface area contributed by atoms with E-state index in [1.165, 1.54) is 0 Å². The third-order valence-corrected chi connectivity index (χ3v) is 3.51. The van der Waals surface area contributed by atoms with Crippen molar-refractivity contribution in [2.24, 2.45) is 5.92 Å². The molecule has 0 aliphatic heterocycles. The molecule has 3 N–H and O–H groups in total. The van der Waals surface area contributed by atoms with Crippen LogP contribution in [0.5, 0.6) is 0 Å². The normalized spacial score (nSPS) is 12.7. The van der Waals surface area contributed by atoms with Crippen molar-refractivity contribution in [2.75, 3.05) is 13.2 Å². The number of hydrogen-bond acceptors (Lipinski definition) is 3. The van der Waals surface area contributed by atoms with E-state index < -0.39 is 0 Å². The largest absolute Gasteiger partial charge is 0.396 e. The Kier molecular flexibility index (Phi) is 5.32. The van der Waals surface area contributed by atoms with Gasteiger partial charge in [0.1, 0.15) is 0 Å². The molecule has 1 aromatic heterocycles. The van der Waals surface area contributed by atoms with Gasteiger partial charge in [0, 0.05) is 24.2 Å². The van der Waals surface area contributed by atoms with Gasteiger partial charge in [-0.15, -0.1) is 0 Å². The number of nitrogens with one attached hydrogen (secondary N) is 2. The lowest BCUT2D eigenvalue weighted by Gasteiger charge is -2.08. The van der Waals surface area contributed by atoms with Crippen molar-refractivity contribution in [1.82, 2.24) is 10.3 Å². The maximum absolute atomic E-state index is 11.9. The Morgan fingerprint density at radius 2 is 2.15 bits per heavy atom. The Morgan fingerprint density at radius 1 is 1.35 bits per heavy atom. The van der Waals surface area contributed by atoms with Crippen LogP contribution >= 0.6 is 0 Å². The third-order valence-electron chi connectivity index (χ3n) is 3.51. The maximum atomic E-state index is 11.9. The van der Waals surface area contributed by atoms with Crippen molar-refractivity contribution in [3.05, 3.63) is 46.2 Å². The Balaban J connectivity index is 1.90. The van der Waals surface area contributed by atoms with E-state index >= 15 is 0 Å². The second-order valence-corrected chi connectivity index (χ2v) is 5.32. The molecule has 0 bridgehead atoms.